The number of hydrogen-bond acceptors (Lipinski definition) is 1. The topological polar surface area (TPSA) is 9.23 Å². The van der Waals surface area contributed by atoms with Crippen LogP contribution in [0.3, 0.4) is 0 Å². The fourth-order valence-electron chi connectivity index (χ4n) is 1.18. The van der Waals surface area contributed by atoms with Crippen LogP contribution < -0.4 is 0 Å². The van der Waals surface area contributed by atoms with Crippen molar-refractivity contribution in [3.05, 3.63) is 0 Å². The number of ether oxygens (including phenoxy) is 1. The average Bonchev–Trinajstić information content (AvgIpc) is 1.90. The van der Waals surface area contributed by atoms with Gasteiger partial charge in [-0.15, -0.1) is 0 Å². The summed E-state index contributed by atoms with van der Waals surface area (Å²) in [5, 5.41) is 0. The summed E-state index contributed by atoms with van der Waals surface area (Å²) < 4.78 is 6.07. The van der Waals surface area contributed by atoms with Gasteiger partial charge in [0.2, 0.25) is 0 Å². The Hall–Kier alpha value is 0.690. The van der Waals surface area contributed by atoms with E-state index < -0.39 is 0 Å². The van der Waals surface area contributed by atoms with Crippen molar-refractivity contribution < 1.29 is 4.74 Å². The standard InChI is InChI=1S/C7H13IO/c1-6(8)7-2-4-9-5-3-7/h6-7H,2-5H2,1H3. The lowest BCUT2D eigenvalue weighted by Crippen LogP contribution is -2.21. The first kappa shape index (κ1) is 7.79. The van der Waals surface area contributed by atoms with Gasteiger partial charge in [0.1, 0.15) is 0 Å². The van der Waals surface area contributed by atoms with E-state index in [0.717, 1.165) is 23.1 Å². The van der Waals surface area contributed by atoms with E-state index in [1.807, 2.05) is 0 Å². The molecule has 0 spiro atoms. The van der Waals surface area contributed by atoms with Crippen LogP contribution in [0.1, 0.15) is 19.8 Å². The Morgan fingerprint density at radius 1 is 1.44 bits per heavy atom. The monoisotopic (exact) mass is 240 g/mol. The number of rotatable bonds is 1. The Morgan fingerprint density at radius 3 is 2.33 bits per heavy atom. The summed E-state index contributed by atoms with van der Waals surface area (Å²) in [6.45, 7) is 4.26. The highest BCUT2D eigenvalue weighted by Gasteiger charge is 2.17. The molecular formula is C7H13IO. The normalized spacial score (nSPS) is 26.0. The molecule has 1 unspecified atom stereocenters. The predicted molar refractivity (Wildman–Crippen MR) is 47.0 cm³/mol. The third kappa shape index (κ3) is 2.42. The van der Waals surface area contributed by atoms with Gasteiger partial charge >= 0.3 is 0 Å². The van der Waals surface area contributed by atoms with E-state index in [4.69, 9.17) is 4.74 Å². The Balaban J connectivity index is 2.23. The quantitative estimate of drug-likeness (QED) is 0.504. The maximum Gasteiger partial charge on any atom is 0.0469 e. The molecule has 0 bridgehead atoms. The van der Waals surface area contributed by atoms with Crippen LogP contribution in [0, 0.1) is 5.92 Å². The van der Waals surface area contributed by atoms with E-state index >= 15 is 0 Å². The SMILES string of the molecule is CC(I)C1CCOCC1. The molecule has 0 aromatic heterocycles. The van der Waals surface area contributed by atoms with Crippen molar-refractivity contribution in [2.75, 3.05) is 13.2 Å². The Morgan fingerprint density at radius 2 is 2.00 bits per heavy atom. The van der Waals surface area contributed by atoms with E-state index in [1.54, 1.807) is 0 Å². The van der Waals surface area contributed by atoms with Crippen LogP contribution in [-0.2, 0) is 4.74 Å². The molecule has 0 radical (unpaired) electrons. The molecule has 1 atom stereocenters. The lowest BCUT2D eigenvalue weighted by Gasteiger charge is -2.23. The van der Waals surface area contributed by atoms with Gasteiger partial charge < -0.3 is 4.74 Å². The molecule has 1 aliphatic heterocycles. The average molecular weight is 240 g/mol. The Bertz CT molecular complexity index is 77.0. The van der Waals surface area contributed by atoms with Crippen molar-refractivity contribution in [2.24, 2.45) is 5.92 Å². The molecule has 1 saturated heterocycles. The van der Waals surface area contributed by atoms with E-state index in [-0.39, 0.29) is 0 Å². The van der Waals surface area contributed by atoms with Gasteiger partial charge in [-0.1, -0.05) is 29.5 Å². The first-order valence-electron chi connectivity index (χ1n) is 3.52. The first-order valence-corrected chi connectivity index (χ1v) is 4.77. The van der Waals surface area contributed by atoms with Crippen molar-refractivity contribution in [1.29, 1.82) is 0 Å². The van der Waals surface area contributed by atoms with Crippen LogP contribution in [0.15, 0.2) is 0 Å². The largest absolute Gasteiger partial charge is 0.381 e. The zero-order valence-electron chi connectivity index (χ0n) is 5.77. The molecule has 0 aromatic carbocycles. The van der Waals surface area contributed by atoms with Crippen molar-refractivity contribution in [1.82, 2.24) is 0 Å². The maximum absolute atomic E-state index is 5.25. The molecule has 0 aliphatic carbocycles. The molecular weight excluding hydrogens is 227 g/mol. The van der Waals surface area contributed by atoms with Crippen LogP contribution in [0.2, 0.25) is 0 Å². The Labute approximate surface area is 70.3 Å². The molecule has 1 nitrogen and oxygen atoms in total. The van der Waals surface area contributed by atoms with Crippen LogP contribution in [0.5, 0.6) is 0 Å². The van der Waals surface area contributed by atoms with Crippen molar-refractivity contribution in [2.45, 2.75) is 23.7 Å². The van der Waals surface area contributed by atoms with Gasteiger partial charge in [0.25, 0.3) is 0 Å². The van der Waals surface area contributed by atoms with Gasteiger partial charge in [-0.25, -0.2) is 0 Å². The number of alkyl halides is 1. The molecule has 1 aliphatic rings. The highest BCUT2D eigenvalue weighted by atomic mass is 127. The smallest absolute Gasteiger partial charge is 0.0469 e. The predicted octanol–water partition coefficient (Wildman–Crippen LogP) is 2.24. The third-order valence-corrected chi connectivity index (χ3v) is 2.93. The molecule has 0 amide bonds. The minimum Gasteiger partial charge on any atom is -0.381 e. The van der Waals surface area contributed by atoms with E-state index in [1.165, 1.54) is 12.8 Å². The molecule has 0 aromatic rings. The van der Waals surface area contributed by atoms with E-state index in [9.17, 15) is 0 Å². The molecule has 1 fully saturated rings. The van der Waals surface area contributed by atoms with Gasteiger partial charge in [-0.2, -0.15) is 0 Å². The summed E-state index contributed by atoms with van der Waals surface area (Å²) in [6, 6.07) is 0. The lowest BCUT2D eigenvalue weighted by molar-refractivity contribution is 0.0681. The Kier molecular flexibility index (Phi) is 3.26. The van der Waals surface area contributed by atoms with E-state index in [0.29, 0.717) is 0 Å². The number of hydrogen-bond donors (Lipinski definition) is 0. The van der Waals surface area contributed by atoms with Crippen LogP contribution >= 0.6 is 22.6 Å². The maximum atomic E-state index is 5.25. The molecule has 1 rings (SSSR count). The van der Waals surface area contributed by atoms with Gasteiger partial charge in [0.05, 0.1) is 0 Å². The molecule has 0 saturated carbocycles. The highest BCUT2D eigenvalue weighted by molar-refractivity contribution is 14.1. The molecule has 0 N–H and O–H groups in total. The second kappa shape index (κ2) is 3.76. The summed E-state index contributed by atoms with van der Waals surface area (Å²) in [5.41, 5.74) is 0. The van der Waals surface area contributed by atoms with Crippen molar-refractivity contribution in [3.8, 4) is 0 Å². The van der Waals surface area contributed by atoms with Crippen LogP contribution in [0.4, 0.5) is 0 Å². The van der Waals surface area contributed by atoms with Crippen molar-refractivity contribution >= 4 is 22.6 Å². The van der Waals surface area contributed by atoms with Gasteiger partial charge in [-0.05, 0) is 18.8 Å². The molecule has 54 valence electrons. The highest BCUT2D eigenvalue weighted by Crippen LogP contribution is 2.23. The second-order valence-electron chi connectivity index (χ2n) is 2.63. The molecule has 1 heterocycles. The van der Waals surface area contributed by atoms with Gasteiger partial charge in [0, 0.05) is 17.1 Å². The van der Waals surface area contributed by atoms with Crippen LogP contribution in [-0.4, -0.2) is 17.1 Å². The summed E-state index contributed by atoms with van der Waals surface area (Å²) in [4.78, 5) is 0. The van der Waals surface area contributed by atoms with Crippen molar-refractivity contribution in [3.63, 3.8) is 0 Å². The molecule has 9 heavy (non-hydrogen) atoms. The lowest BCUT2D eigenvalue weighted by atomic mass is 9.98. The van der Waals surface area contributed by atoms with Crippen LogP contribution in [0.25, 0.3) is 0 Å². The zero-order chi connectivity index (χ0) is 6.69. The minimum absolute atomic E-state index is 0.825. The third-order valence-electron chi connectivity index (χ3n) is 1.92. The fraction of sp³-hybridized carbons (Fsp3) is 1.00. The fourth-order valence-corrected chi connectivity index (χ4v) is 1.89. The minimum atomic E-state index is 0.825. The van der Waals surface area contributed by atoms with Gasteiger partial charge in [0.15, 0.2) is 0 Å². The second-order valence-corrected chi connectivity index (χ2v) is 4.59. The number of halogens is 1. The summed E-state index contributed by atoms with van der Waals surface area (Å²) >= 11 is 2.51. The van der Waals surface area contributed by atoms with E-state index in [2.05, 4.69) is 29.5 Å². The summed E-state index contributed by atoms with van der Waals surface area (Å²) in [7, 11) is 0. The zero-order valence-corrected chi connectivity index (χ0v) is 7.93. The summed E-state index contributed by atoms with van der Waals surface area (Å²) in [6.07, 6.45) is 2.54. The van der Waals surface area contributed by atoms with Gasteiger partial charge in [-0.3, -0.25) is 0 Å². The molecule has 2 heteroatoms. The first-order chi connectivity index (χ1) is 4.30. The summed E-state index contributed by atoms with van der Waals surface area (Å²) in [5.74, 6) is 0.916.